The zero-order valence-corrected chi connectivity index (χ0v) is 62.6. The zero-order valence-electron chi connectivity index (χ0n) is 62.6. The van der Waals surface area contributed by atoms with Crippen LogP contribution in [0.5, 0.6) is 0 Å². The topological polar surface area (TPSA) is 474 Å². The lowest BCUT2D eigenvalue weighted by Gasteiger charge is -2.53. The van der Waals surface area contributed by atoms with Crippen molar-refractivity contribution in [1.29, 1.82) is 0 Å². The molecule has 17 N–H and O–H groups in total. The van der Waals surface area contributed by atoms with Crippen LogP contribution in [0.1, 0.15) is 247 Å². The molecule has 30 nitrogen and oxygen atoms in total. The smallest absolute Gasteiger partial charge is 0.231 e. The lowest BCUT2D eigenvalue weighted by molar-refractivity contribution is -0.400. The molecule has 5 aliphatic heterocycles. The monoisotopic (exact) mass is 1500 g/mol. The first-order valence-corrected chi connectivity index (χ1v) is 39.0. The molecule has 24 atom stereocenters. The van der Waals surface area contributed by atoms with Gasteiger partial charge in [-0.05, 0) is 44.9 Å². The summed E-state index contributed by atoms with van der Waals surface area (Å²) < 4.78 is 60.7. The van der Waals surface area contributed by atoms with Gasteiger partial charge in [0.15, 0.2) is 30.9 Å². The number of primary amides is 1. The Bertz CT molecular complexity index is 2340. The molecule has 5 aliphatic rings. The molecule has 0 aromatic rings. The van der Waals surface area contributed by atoms with E-state index < -0.39 is 197 Å². The summed E-state index contributed by atoms with van der Waals surface area (Å²) in [6.45, 7) is 3.69. The van der Waals surface area contributed by atoms with Crippen LogP contribution in [0.4, 0.5) is 0 Å². The molecule has 5 heterocycles. The van der Waals surface area contributed by atoms with Gasteiger partial charge < -0.3 is 130 Å². The molecule has 0 saturated carbocycles. The molecular weight excluding hydrogens is 1360 g/mol. The Balaban J connectivity index is 0.000000990. The molecule has 30 heteroatoms. The van der Waals surface area contributed by atoms with Crippen LogP contribution in [-0.4, -0.2) is 276 Å². The third-order valence-corrected chi connectivity index (χ3v) is 20.0. The van der Waals surface area contributed by atoms with Crippen molar-refractivity contribution >= 4 is 23.5 Å². The first-order valence-electron chi connectivity index (χ1n) is 39.0. The van der Waals surface area contributed by atoms with Crippen LogP contribution in [-0.2, 0) is 66.5 Å². The van der Waals surface area contributed by atoms with Crippen molar-refractivity contribution in [1.82, 2.24) is 10.6 Å². The number of aliphatic hydroxyl groups excluding tert-OH is 13. The highest BCUT2D eigenvalue weighted by Crippen LogP contribution is 2.41. The number of hydrogen-bond acceptors (Lipinski definition) is 27. The van der Waals surface area contributed by atoms with Gasteiger partial charge in [-0.25, -0.2) is 0 Å². The number of amides is 3. The van der Waals surface area contributed by atoms with Gasteiger partial charge in [0.25, 0.3) is 0 Å². The molecule has 5 rings (SSSR count). The molecule has 9 unspecified atom stereocenters. The molecule has 0 spiro atoms. The molecule has 5 saturated heterocycles. The number of unbranched alkanes of at least 4 members (excludes halogenated alkanes) is 26. The number of nitrogens with two attached hydrogens (primary N) is 1. The molecule has 0 radical (unpaired) electrons. The summed E-state index contributed by atoms with van der Waals surface area (Å²) in [5.41, 5.74) is 5.11. The second-order valence-electron chi connectivity index (χ2n) is 28.8. The van der Waals surface area contributed by atoms with Crippen LogP contribution in [0.15, 0.2) is 12.2 Å². The second kappa shape index (κ2) is 52.1. The minimum atomic E-state index is -2.57. The third kappa shape index (κ3) is 31.3. The average Bonchev–Trinajstić information content (AvgIpc) is 0.751. The van der Waals surface area contributed by atoms with Crippen molar-refractivity contribution < 1.29 is 133 Å². The first-order chi connectivity index (χ1) is 50.0. The Kier molecular flexibility index (Phi) is 46.8. The summed E-state index contributed by atoms with van der Waals surface area (Å²) in [6, 6.07) is -2.91. The summed E-state index contributed by atoms with van der Waals surface area (Å²) in [4.78, 5) is 49.9. The predicted molar refractivity (Wildman–Crippen MR) is 379 cm³/mol. The van der Waals surface area contributed by atoms with E-state index in [0.717, 1.165) is 33.1 Å². The van der Waals surface area contributed by atoms with Crippen LogP contribution >= 0.6 is 0 Å². The summed E-state index contributed by atoms with van der Waals surface area (Å²) in [5.74, 6) is -5.05. The van der Waals surface area contributed by atoms with Crippen LogP contribution < -0.4 is 16.4 Å². The van der Waals surface area contributed by atoms with Crippen LogP contribution in [0.25, 0.3) is 0 Å². The van der Waals surface area contributed by atoms with Crippen molar-refractivity contribution in [2.45, 2.75) is 393 Å². The number of Topliss-reactive ketones (excluding diaryl/α,β-unsaturated/α-hetero) is 1. The largest absolute Gasteiger partial charge is 0.396 e. The molecule has 104 heavy (non-hydrogen) atoms. The quantitative estimate of drug-likeness (QED) is 0.0307. The minimum Gasteiger partial charge on any atom is -0.396 e. The van der Waals surface area contributed by atoms with Gasteiger partial charge in [-0.3, -0.25) is 19.2 Å². The Labute approximate surface area is 615 Å². The van der Waals surface area contributed by atoms with E-state index in [4.69, 9.17) is 53.1 Å². The number of rotatable bonds is 51. The number of nitrogens with one attached hydrogen (secondary N) is 2. The molecule has 0 aromatic heterocycles. The zero-order chi connectivity index (χ0) is 76.6. The molecule has 0 aliphatic carbocycles. The molecule has 608 valence electrons. The van der Waals surface area contributed by atoms with Crippen molar-refractivity contribution in [2.24, 2.45) is 5.73 Å². The number of hydrogen-bond donors (Lipinski definition) is 16. The van der Waals surface area contributed by atoms with Gasteiger partial charge in [0.1, 0.15) is 97.6 Å². The predicted octanol–water partition coefficient (Wildman–Crippen LogP) is 2.93. The number of ketones is 1. The van der Waals surface area contributed by atoms with Gasteiger partial charge in [0.2, 0.25) is 23.5 Å². The SMILES string of the molecule is CCCCCCCCCCCCC/C=C/CCCO[C@@H]1O[C@@H](CO)[C@@H](O[C@@H]2OC(CO)[C@H](O[C@@H]3OC(CO)[C@H](O)[C@H](O[C@@H]4OC(CO)[C@H](O)[C@H](O)C4O)C3NC(C)=O)[C@H](O[C@]3(C(C)=O)C[C@@H](O)[C@@H](NC(C)=O)C(CCCO)O3)C2O)C(O)C1O.CCCCCCCCCCCCCCCCCC(N)=O. The van der Waals surface area contributed by atoms with Crippen LogP contribution in [0.3, 0.4) is 0 Å². The minimum absolute atomic E-state index is 0.0375. The number of allylic oxidation sites excluding steroid dienone is 2. The highest BCUT2D eigenvalue weighted by Gasteiger charge is 2.60. The highest BCUT2D eigenvalue weighted by molar-refractivity contribution is 5.84. The molecule has 3 amide bonds. The molecule has 0 bridgehead atoms. The van der Waals surface area contributed by atoms with Crippen LogP contribution in [0, 0.1) is 0 Å². The maximum Gasteiger partial charge on any atom is 0.231 e. The summed E-state index contributed by atoms with van der Waals surface area (Å²) in [7, 11) is 0. The Hall–Kier alpha value is -3.10. The van der Waals surface area contributed by atoms with E-state index in [-0.39, 0.29) is 32.0 Å². The van der Waals surface area contributed by atoms with Gasteiger partial charge in [0, 0.05) is 40.2 Å². The Morgan fingerprint density at radius 1 is 0.433 bits per heavy atom. The van der Waals surface area contributed by atoms with E-state index in [1.54, 1.807) is 0 Å². The van der Waals surface area contributed by atoms with Gasteiger partial charge in [-0.1, -0.05) is 180 Å². The number of ether oxygens (including phenoxy) is 10. The van der Waals surface area contributed by atoms with Crippen molar-refractivity contribution in [3.05, 3.63) is 12.2 Å². The fourth-order valence-electron chi connectivity index (χ4n) is 14.0. The fourth-order valence-corrected chi connectivity index (χ4v) is 14.0. The van der Waals surface area contributed by atoms with E-state index in [1.807, 2.05) is 6.08 Å². The molecule has 5 fully saturated rings. The fraction of sp³-hybridized carbons (Fsp3) is 0.919. The number of carbonyl (C=O) groups excluding carboxylic acids is 4. The average molecular weight is 1500 g/mol. The standard InChI is InChI=1S/C56H98N2O26.C18H37NO/c1-5-6-7-8-9-10-11-12-13-14-15-16-17-18-19-20-24-75-53-46(73)44(71)48(37(28-62)78-53)80-55-47(74)51(84-56(30(2)64)25-33(67)39(57-31(3)65)34(83-56)22-21-23-59)49(38(29-63)79-55)81-52-40(58-32(4)66)50(42(69)36(27-61)76-52)82-54-45(72)43(70)41(68)35(26-60)77-54;1-2-3-4-5-6-7-8-9-10-11-12-13-14-15-16-17-18(19)20/h17-18,33-55,59-63,67-74H,5-16,19-29H2,1-4H3,(H,57,65)(H,58,66);2-17H2,1H3,(H2,19,20)/b18-17+;/t33-,34?,35?,36?,37+,38?,39-,40?,41+,42+,43+,44?,45?,46?,47?,48-,49+,50-,51-,52+,53-,54+,55+,56+;/m1./s1. The van der Waals surface area contributed by atoms with E-state index >= 15 is 0 Å². The maximum absolute atomic E-state index is 14.0. The highest BCUT2D eigenvalue weighted by atomic mass is 16.8. The lowest BCUT2D eigenvalue weighted by Crippen LogP contribution is -2.71. The van der Waals surface area contributed by atoms with E-state index in [0.29, 0.717) is 19.3 Å². The molecule has 0 aromatic carbocycles. The van der Waals surface area contributed by atoms with E-state index in [2.05, 4.69) is 30.6 Å². The van der Waals surface area contributed by atoms with E-state index in [1.165, 1.54) is 161 Å². The van der Waals surface area contributed by atoms with Gasteiger partial charge in [0.05, 0.1) is 51.3 Å². The number of carbonyl (C=O) groups is 4. The summed E-state index contributed by atoms with van der Waals surface area (Å²) >= 11 is 0. The Morgan fingerprint density at radius 2 is 0.856 bits per heavy atom. The number of aliphatic hydroxyl groups is 13. The van der Waals surface area contributed by atoms with Gasteiger partial charge >= 0.3 is 0 Å². The van der Waals surface area contributed by atoms with Gasteiger partial charge in [-0.2, -0.15) is 0 Å². The van der Waals surface area contributed by atoms with Crippen molar-refractivity contribution in [2.75, 3.05) is 39.6 Å². The maximum atomic E-state index is 14.0. The normalized spacial score (nSPS) is 33.8. The second-order valence-corrected chi connectivity index (χ2v) is 28.8. The van der Waals surface area contributed by atoms with Gasteiger partial charge in [-0.15, -0.1) is 0 Å². The summed E-state index contributed by atoms with van der Waals surface area (Å²) in [5, 5.41) is 148. The van der Waals surface area contributed by atoms with Crippen molar-refractivity contribution in [3.63, 3.8) is 0 Å². The first kappa shape index (κ1) is 93.3. The van der Waals surface area contributed by atoms with E-state index in [9.17, 15) is 85.6 Å². The van der Waals surface area contributed by atoms with Crippen LogP contribution in [0.2, 0.25) is 0 Å². The Morgan fingerprint density at radius 3 is 1.36 bits per heavy atom. The lowest BCUT2D eigenvalue weighted by atomic mass is 9.88. The summed E-state index contributed by atoms with van der Waals surface area (Å²) in [6.07, 6.45) is 2.20. The molecular formula is C74H135N3O27. The third-order valence-electron chi connectivity index (χ3n) is 20.0. The van der Waals surface area contributed by atoms with Crippen molar-refractivity contribution in [3.8, 4) is 0 Å².